The molecule has 3 nitrogen and oxygen atoms in total. The molecule has 0 aliphatic heterocycles. The van der Waals surface area contributed by atoms with Gasteiger partial charge in [-0.2, -0.15) is 0 Å². The molecular weight excluding hydrogens is 284 g/mol. The van der Waals surface area contributed by atoms with Crippen molar-refractivity contribution in [3.8, 4) is 11.5 Å². The number of hydrogen-bond donors (Lipinski definition) is 0. The molecule has 5 heteroatoms. The third-order valence-electron chi connectivity index (χ3n) is 2.63. The first-order valence-corrected chi connectivity index (χ1v) is 7.97. The second kappa shape index (κ2) is 5.23. The average molecular weight is 297 g/mol. The van der Waals surface area contributed by atoms with Gasteiger partial charge in [-0.15, -0.1) is 0 Å². The molecule has 0 aliphatic rings. The summed E-state index contributed by atoms with van der Waals surface area (Å²) in [6.45, 7) is 3.65. The van der Waals surface area contributed by atoms with Crippen LogP contribution in [0.3, 0.4) is 0 Å². The molecule has 0 atom stereocenters. The maximum Gasteiger partial charge on any atom is 0.261 e. The second-order valence-corrected chi connectivity index (χ2v) is 6.82. The molecule has 100 valence electrons. The lowest BCUT2D eigenvalue weighted by molar-refractivity contribution is 0.481. The van der Waals surface area contributed by atoms with Crippen LogP contribution in [-0.4, -0.2) is 8.42 Å². The number of hydrogen-bond acceptors (Lipinski definition) is 3. The first kappa shape index (κ1) is 13.9. The summed E-state index contributed by atoms with van der Waals surface area (Å²) in [4.78, 5) is 0.103. The molecule has 0 amide bonds. The molecule has 0 N–H and O–H groups in total. The van der Waals surface area contributed by atoms with E-state index in [1.54, 1.807) is 19.1 Å². The molecule has 2 aromatic rings. The molecule has 0 unspecified atom stereocenters. The molecule has 0 radical (unpaired) electrons. The summed E-state index contributed by atoms with van der Waals surface area (Å²) in [5.74, 6) is 1.29. The zero-order valence-corrected chi connectivity index (χ0v) is 12.1. The maximum absolute atomic E-state index is 11.3. The summed E-state index contributed by atoms with van der Waals surface area (Å²) < 4.78 is 28.3. The van der Waals surface area contributed by atoms with Crippen molar-refractivity contribution in [2.45, 2.75) is 18.7 Å². The lowest BCUT2D eigenvalue weighted by atomic mass is 10.2. The monoisotopic (exact) mass is 296 g/mol. The van der Waals surface area contributed by atoms with Gasteiger partial charge in [0.2, 0.25) is 0 Å². The van der Waals surface area contributed by atoms with E-state index in [1.807, 2.05) is 31.2 Å². The Bertz CT molecular complexity index is 708. The predicted octanol–water partition coefficient (Wildman–Crippen LogP) is 4.02. The van der Waals surface area contributed by atoms with Gasteiger partial charge in [0, 0.05) is 10.7 Å². The van der Waals surface area contributed by atoms with Gasteiger partial charge in [0.05, 0.1) is 4.90 Å². The number of benzene rings is 2. The first-order valence-electron chi connectivity index (χ1n) is 5.66. The normalized spacial score (nSPS) is 11.3. The Hall–Kier alpha value is -1.52. The standard InChI is InChI=1S/C14H13ClO3S/c1-10-4-3-5-12(8-10)18-13-6-7-14(11(2)9-13)19(15,16)17/h3-9H,1-2H3. The van der Waals surface area contributed by atoms with Crippen LogP contribution in [0.15, 0.2) is 47.4 Å². The lowest BCUT2D eigenvalue weighted by Crippen LogP contribution is -1.95. The van der Waals surface area contributed by atoms with Gasteiger partial charge in [0.25, 0.3) is 9.05 Å². The van der Waals surface area contributed by atoms with Crippen molar-refractivity contribution >= 4 is 19.7 Å². The van der Waals surface area contributed by atoms with E-state index in [0.717, 1.165) is 5.56 Å². The van der Waals surface area contributed by atoms with E-state index in [-0.39, 0.29) is 4.90 Å². The lowest BCUT2D eigenvalue weighted by Gasteiger charge is -2.08. The Labute approximate surface area is 117 Å². The summed E-state index contributed by atoms with van der Waals surface area (Å²) in [6.07, 6.45) is 0. The van der Waals surface area contributed by atoms with Crippen molar-refractivity contribution in [3.63, 3.8) is 0 Å². The van der Waals surface area contributed by atoms with E-state index in [0.29, 0.717) is 17.1 Å². The van der Waals surface area contributed by atoms with Crippen molar-refractivity contribution < 1.29 is 13.2 Å². The van der Waals surface area contributed by atoms with Crippen LogP contribution in [0.25, 0.3) is 0 Å². The molecular formula is C14H13ClO3S. The number of aryl methyl sites for hydroxylation is 2. The summed E-state index contributed by atoms with van der Waals surface area (Å²) in [7, 11) is 1.62. The van der Waals surface area contributed by atoms with Crippen LogP contribution >= 0.6 is 10.7 Å². The Morgan fingerprint density at radius 3 is 2.26 bits per heavy atom. The van der Waals surface area contributed by atoms with Crippen LogP contribution in [-0.2, 0) is 9.05 Å². The van der Waals surface area contributed by atoms with Crippen molar-refractivity contribution in [1.29, 1.82) is 0 Å². The molecule has 0 fully saturated rings. The SMILES string of the molecule is Cc1cccc(Oc2ccc(S(=O)(=O)Cl)c(C)c2)c1. The summed E-state index contributed by atoms with van der Waals surface area (Å²) >= 11 is 0. The van der Waals surface area contributed by atoms with Crippen LogP contribution in [0.4, 0.5) is 0 Å². The van der Waals surface area contributed by atoms with Gasteiger partial charge in [0.1, 0.15) is 11.5 Å². The summed E-state index contributed by atoms with van der Waals surface area (Å²) in [5, 5.41) is 0. The fourth-order valence-electron chi connectivity index (χ4n) is 1.77. The quantitative estimate of drug-likeness (QED) is 0.803. The maximum atomic E-state index is 11.3. The highest BCUT2D eigenvalue weighted by atomic mass is 35.7. The van der Waals surface area contributed by atoms with E-state index in [1.165, 1.54) is 6.07 Å². The highest BCUT2D eigenvalue weighted by Crippen LogP contribution is 2.27. The van der Waals surface area contributed by atoms with E-state index < -0.39 is 9.05 Å². The van der Waals surface area contributed by atoms with Crippen molar-refractivity contribution in [2.75, 3.05) is 0 Å². The van der Waals surface area contributed by atoms with E-state index >= 15 is 0 Å². The molecule has 0 saturated heterocycles. The highest BCUT2D eigenvalue weighted by molar-refractivity contribution is 8.13. The fourth-order valence-corrected chi connectivity index (χ4v) is 2.97. The zero-order chi connectivity index (χ0) is 14.0. The Morgan fingerprint density at radius 2 is 1.68 bits per heavy atom. The van der Waals surface area contributed by atoms with Crippen LogP contribution in [0, 0.1) is 13.8 Å². The fraction of sp³-hybridized carbons (Fsp3) is 0.143. The van der Waals surface area contributed by atoms with Crippen molar-refractivity contribution in [2.24, 2.45) is 0 Å². The van der Waals surface area contributed by atoms with Gasteiger partial charge in [-0.05, 0) is 55.3 Å². The Kier molecular flexibility index (Phi) is 3.83. The van der Waals surface area contributed by atoms with E-state index in [2.05, 4.69) is 0 Å². The third kappa shape index (κ3) is 3.49. The summed E-state index contributed by atoms with van der Waals surface area (Å²) in [5.41, 5.74) is 1.65. The topological polar surface area (TPSA) is 43.4 Å². The zero-order valence-electron chi connectivity index (χ0n) is 10.6. The molecule has 0 bridgehead atoms. The van der Waals surface area contributed by atoms with Gasteiger partial charge in [0.15, 0.2) is 0 Å². The van der Waals surface area contributed by atoms with Crippen LogP contribution in [0.1, 0.15) is 11.1 Å². The van der Waals surface area contributed by atoms with Crippen molar-refractivity contribution in [1.82, 2.24) is 0 Å². The number of ether oxygens (including phenoxy) is 1. The third-order valence-corrected chi connectivity index (χ3v) is 4.12. The second-order valence-electron chi connectivity index (χ2n) is 4.28. The Morgan fingerprint density at radius 1 is 1.00 bits per heavy atom. The highest BCUT2D eigenvalue weighted by Gasteiger charge is 2.13. The van der Waals surface area contributed by atoms with Gasteiger partial charge < -0.3 is 4.74 Å². The van der Waals surface area contributed by atoms with Gasteiger partial charge in [-0.3, -0.25) is 0 Å². The molecule has 19 heavy (non-hydrogen) atoms. The van der Waals surface area contributed by atoms with Gasteiger partial charge >= 0.3 is 0 Å². The molecule has 2 aromatic carbocycles. The molecule has 2 rings (SSSR count). The minimum absolute atomic E-state index is 0.103. The Balaban J connectivity index is 2.31. The average Bonchev–Trinajstić information content (AvgIpc) is 2.27. The van der Waals surface area contributed by atoms with Gasteiger partial charge in [-0.1, -0.05) is 12.1 Å². The molecule has 0 saturated carbocycles. The van der Waals surface area contributed by atoms with Crippen LogP contribution in [0.5, 0.6) is 11.5 Å². The van der Waals surface area contributed by atoms with Crippen molar-refractivity contribution in [3.05, 3.63) is 53.6 Å². The molecule has 0 spiro atoms. The minimum atomic E-state index is -3.71. The van der Waals surface area contributed by atoms with Gasteiger partial charge in [-0.25, -0.2) is 8.42 Å². The minimum Gasteiger partial charge on any atom is -0.457 e. The first-order chi connectivity index (χ1) is 8.86. The smallest absolute Gasteiger partial charge is 0.261 e. The van der Waals surface area contributed by atoms with E-state index in [4.69, 9.17) is 15.4 Å². The molecule has 0 heterocycles. The number of halogens is 1. The molecule has 0 aliphatic carbocycles. The van der Waals surface area contributed by atoms with Crippen LogP contribution in [0.2, 0.25) is 0 Å². The molecule has 0 aromatic heterocycles. The van der Waals surface area contributed by atoms with E-state index in [9.17, 15) is 8.42 Å². The van der Waals surface area contributed by atoms with Crippen LogP contribution < -0.4 is 4.74 Å². The largest absolute Gasteiger partial charge is 0.457 e. The predicted molar refractivity (Wildman–Crippen MR) is 75.5 cm³/mol. The summed E-state index contributed by atoms with van der Waals surface area (Å²) in [6, 6.07) is 12.3. The number of rotatable bonds is 3.